The molecule has 0 aliphatic heterocycles. The summed E-state index contributed by atoms with van der Waals surface area (Å²) in [6, 6.07) is 17.6. The number of hydrogen-bond acceptors (Lipinski definition) is 5. The van der Waals surface area contributed by atoms with E-state index in [4.69, 9.17) is 9.72 Å². The summed E-state index contributed by atoms with van der Waals surface area (Å²) in [5.74, 6) is -0.101. The molecule has 6 heteroatoms. The molecule has 1 N–H and O–H groups in total. The summed E-state index contributed by atoms with van der Waals surface area (Å²) in [5.41, 5.74) is 5.85. The second-order valence-electron chi connectivity index (χ2n) is 11.1. The van der Waals surface area contributed by atoms with Crippen LogP contribution in [-0.2, 0) is 17.6 Å². The molecule has 0 spiro atoms. The quantitative estimate of drug-likeness (QED) is 0.269. The first-order chi connectivity index (χ1) is 18.2. The third-order valence-electron chi connectivity index (χ3n) is 7.50. The number of fused-ring (bicyclic) bond motifs is 2. The Labute approximate surface area is 228 Å². The van der Waals surface area contributed by atoms with E-state index in [1.165, 1.54) is 16.2 Å². The van der Waals surface area contributed by atoms with E-state index in [1.807, 2.05) is 61.5 Å². The average molecular weight is 527 g/mol. The fraction of sp³-hybridized carbons (Fsp3) is 0.344. The van der Waals surface area contributed by atoms with Crippen LogP contribution in [0.4, 0.5) is 5.00 Å². The van der Waals surface area contributed by atoms with E-state index in [2.05, 4.69) is 26.1 Å². The first kappa shape index (κ1) is 26.1. The highest BCUT2D eigenvalue weighted by Crippen LogP contribution is 2.44. The van der Waals surface area contributed by atoms with Gasteiger partial charge < -0.3 is 10.1 Å². The normalized spacial score (nSPS) is 15.2. The largest absolute Gasteiger partial charge is 0.462 e. The molecule has 2 heterocycles. The highest BCUT2D eigenvalue weighted by molar-refractivity contribution is 7.17. The highest BCUT2D eigenvalue weighted by atomic mass is 32.1. The Bertz CT molecular complexity index is 1510. The summed E-state index contributed by atoms with van der Waals surface area (Å²) in [5, 5.41) is 4.45. The number of thiophene rings is 1. The molecule has 0 saturated heterocycles. The van der Waals surface area contributed by atoms with Crippen LogP contribution in [0.15, 0.2) is 54.6 Å². The SMILES string of the molecule is CCOC(=O)c1c(NC(=O)c2cc(-c3ccc(C)cc3)nc3ccccc23)sc2c1CC[C@@H](C(C)(C)C)C2. The zero-order valence-electron chi connectivity index (χ0n) is 22.7. The number of aryl methyl sites for hydroxylation is 1. The van der Waals surface area contributed by atoms with Crippen molar-refractivity contribution >= 4 is 39.1 Å². The van der Waals surface area contributed by atoms with Crippen molar-refractivity contribution in [2.24, 2.45) is 11.3 Å². The molecule has 38 heavy (non-hydrogen) atoms. The van der Waals surface area contributed by atoms with Crippen molar-refractivity contribution in [2.45, 2.75) is 53.9 Å². The molecule has 1 amide bonds. The van der Waals surface area contributed by atoms with Crippen molar-refractivity contribution in [1.82, 2.24) is 4.98 Å². The van der Waals surface area contributed by atoms with E-state index in [1.54, 1.807) is 6.92 Å². The van der Waals surface area contributed by atoms with E-state index >= 15 is 0 Å². The number of aromatic nitrogens is 1. The molecule has 0 radical (unpaired) electrons. The monoisotopic (exact) mass is 526 g/mol. The summed E-state index contributed by atoms with van der Waals surface area (Å²) >= 11 is 1.52. The summed E-state index contributed by atoms with van der Waals surface area (Å²) in [4.78, 5) is 33.0. The lowest BCUT2D eigenvalue weighted by molar-refractivity contribution is 0.0526. The molecular formula is C32H34N2O3S. The zero-order chi connectivity index (χ0) is 27.0. The van der Waals surface area contributed by atoms with Crippen LogP contribution in [0.1, 0.15) is 70.8 Å². The van der Waals surface area contributed by atoms with Gasteiger partial charge in [0.15, 0.2) is 0 Å². The van der Waals surface area contributed by atoms with Gasteiger partial charge in [0.25, 0.3) is 5.91 Å². The number of para-hydroxylation sites is 1. The van der Waals surface area contributed by atoms with E-state index in [9.17, 15) is 9.59 Å². The maximum atomic E-state index is 13.9. The zero-order valence-corrected chi connectivity index (χ0v) is 23.5. The molecule has 5 nitrogen and oxygen atoms in total. The Morgan fingerprint density at radius 2 is 1.84 bits per heavy atom. The summed E-state index contributed by atoms with van der Waals surface area (Å²) in [6.07, 6.45) is 2.73. The third kappa shape index (κ3) is 5.10. The van der Waals surface area contributed by atoms with Gasteiger partial charge in [0.2, 0.25) is 0 Å². The number of anilines is 1. The molecule has 2 aromatic carbocycles. The molecule has 0 unspecified atom stereocenters. The van der Waals surface area contributed by atoms with Gasteiger partial charge in [-0.2, -0.15) is 0 Å². The van der Waals surface area contributed by atoms with E-state index in [-0.39, 0.29) is 23.9 Å². The van der Waals surface area contributed by atoms with Crippen molar-refractivity contribution in [3.05, 3.63) is 81.7 Å². The Kier molecular flexibility index (Phi) is 7.10. The lowest BCUT2D eigenvalue weighted by atomic mass is 9.72. The Hall–Kier alpha value is -3.51. The standard InChI is InChI=1S/C32H34N2O3S/c1-6-37-31(36)28-23-16-15-21(32(3,4)5)17-27(23)38-30(28)34-29(35)24-18-26(20-13-11-19(2)12-14-20)33-25-10-8-7-9-22(24)25/h7-14,18,21H,6,15-17H2,1-5H3,(H,34,35)/t21-/m1/s1. The Morgan fingerprint density at radius 1 is 1.11 bits per heavy atom. The average Bonchev–Trinajstić information content (AvgIpc) is 3.25. The molecule has 0 fully saturated rings. The molecule has 1 aliphatic rings. The molecule has 4 aromatic rings. The van der Waals surface area contributed by atoms with Crippen molar-refractivity contribution in [2.75, 3.05) is 11.9 Å². The minimum absolute atomic E-state index is 0.178. The minimum Gasteiger partial charge on any atom is -0.462 e. The second kappa shape index (κ2) is 10.3. The number of pyridine rings is 1. The predicted molar refractivity (Wildman–Crippen MR) is 155 cm³/mol. The van der Waals surface area contributed by atoms with Crippen LogP contribution in [0, 0.1) is 18.3 Å². The summed E-state index contributed by atoms with van der Waals surface area (Å²) in [6.45, 7) is 10.9. The van der Waals surface area contributed by atoms with Crippen molar-refractivity contribution in [3.63, 3.8) is 0 Å². The first-order valence-corrected chi connectivity index (χ1v) is 14.1. The minimum atomic E-state index is -0.366. The van der Waals surface area contributed by atoms with Gasteiger partial charge in [0, 0.05) is 15.8 Å². The lowest BCUT2D eigenvalue weighted by Crippen LogP contribution is -2.26. The van der Waals surface area contributed by atoms with Gasteiger partial charge in [0.05, 0.1) is 28.9 Å². The fourth-order valence-corrected chi connectivity index (χ4v) is 6.55. The van der Waals surface area contributed by atoms with E-state index in [0.29, 0.717) is 22.0 Å². The number of nitrogens with zero attached hydrogens (tertiary/aromatic N) is 1. The number of amides is 1. The van der Waals surface area contributed by atoms with Crippen molar-refractivity contribution in [1.29, 1.82) is 0 Å². The van der Waals surface area contributed by atoms with Crippen LogP contribution < -0.4 is 5.32 Å². The van der Waals surface area contributed by atoms with E-state index < -0.39 is 0 Å². The third-order valence-corrected chi connectivity index (χ3v) is 8.67. The Morgan fingerprint density at radius 3 is 2.55 bits per heavy atom. The number of rotatable bonds is 5. The van der Waals surface area contributed by atoms with Crippen molar-refractivity contribution in [3.8, 4) is 11.3 Å². The molecule has 2 aromatic heterocycles. The molecule has 1 atom stereocenters. The topological polar surface area (TPSA) is 68.3 Å². The molecule has 1 aliphatic carbocycles. The highest BCUT2D eigenvalue weighted by Gasteiger charge is 2.34. The molecular weight excluding hydrogens is 492 g/mol. The molecule has 0 bridgehead atoms. The van der Waals surface area contributed by atoms with E-state index in [0.717, 1.165) is 52.5 Å². The maximum Gasteiger partial charge on any atom is 0.341 e. The van der Waals surface area contributed by atoms with Gasteiger partial charge in [-0.25, -0.2) is 9.78 Å². The van der Waals surface area contributed by atoms with Gasteiger partial charge in [-0.1, -0.05) is 68.8 Å². The van der Waals surface area contributed by atoms with Crippen LogP contribution in [0.5, 0.6) is 0 Å². The molecule has 5 rings (SSSR count). The number of benzene rings is 2. The molecule has 0 saturated carbocycles. The van der Waals surface area contributed by atoms with Crippen LogP contribution in [0.25, 0.3) is 22.2 Å². The predicted octanol–water partition coefficient (Wildman–Crippen LogP) is 7.85. The van der Waals surface area contributed by atoms with Crippen LogP contribution >= 0.6 is 11.3 Å². The van der Waals surface area contributed by atoms with Gasteiger partial charge >= 0.3 is 5.97 Å². The van der Waals surface area contributed by atoms with Crippen LogP contribution in [-0.4, -0.2) is 23.5 Å². The number of esters is 1. The smallest absolute Gasteiger partial charge is 0.341 e. The number of carbonyl (C=O) groups is 2. The van der Waals surface area contributed by atoms with Crippen molar-refractivity contribution < 1.29 is 14.3 Å². The van der Waals surface area contributed by atoms with Gasteiger partial charge in [-0.15, -0.1) is 11.3 Å². The summed E-state index contributed by atoms with van der Waals surface area (Å²) < 4.78 is 5.44. The molecule has 196 valence electrons. The van der Waals surface area contributed by atoms with Crippen LogP contribution in [0.2, 0.25) is 0 Å². The Balaban J connectivity index is 1.56. The number of hydrogen-bond donors (Lipinski definition) is 1. The number of nitrogens with one attached hydrogen (secondary N) is 1. The maximum absolute atomic E-state index is 13.9. The van der Waals surface area contributed by atoms with Gasteiger partial charge in [-0.3, -0.25) is 4.79 Å². The summed E-state index contributed by atoms with van der Waals surface area (Å²) in [7, 11) is 0. The van der Waals surface area contributed by atoms with Gasteiger partial charge in [-0.05, 0) is 62.1 Å². The lowest BCUT2D eigenvalue weighted by Gasteiger charge is -2.33. The number of carbonyl (C=O) groups excluding carboxylic acids is 2. The van der Waals surface area contributed by atoms with Crippen LogP contribution in [0.3, 0.4) is 0 Å². The first-order valence-electron chi connectivity index (χ1n) is 13.3. The van der Waals surface area contributed by atoms with Gasteiger partial charge in [0.1, 0.15) is 5.00 Å². The second-order valence-corrected chi connectivity index (χ2v) is 12.2. The fourth-order valence-electron chi connectivity index (χ4n) is 5.24. The number of ether oxygens (including phenoxy) is 1.